The van der Waals surface area contributed by atoms with E-state index in [0.29, 0.717) is 50.5 Å². The monoisotopic (exact) mass is 283 g/mol. The van der Waals surface area contributed by atoms with Gasteiger partial charge >= 0.3 is 0 Å². The molecule has 1 aliphatic rings. The van der Waals surface area contributed by atoms with Crippen molar-refractivity contribution in [1.82, 2.24) is 10.3 Å². The Labute approximate surface area is 117 Å². The Bertz CT molecular complexity index is 454. The van der Waals surface area contributed by atoms with Gasteiger partial charge in [0.25, 0.3) is 5.91 Å². The van der Waals surface area contributed by atoms with Crippen LogP contribution in [0.15, 0.2) is 16.7 Å². The van der Waals surface area contributed by atoms with Crippen LogP contribution in [0.25, 0.3) is 0 Å². The van der Waals surface area contributed by atoms with Crippen LogP contribution < -0.4 is 11.3 Å². The molecular weight excluding hydrogens is 262 g/mol. The van der Waals surface area contributed by atoms with Crippen LogP contribution in [0, 0.1) is 0 Å². The number of nitrogen functional groups attached to an aromatic ring is 1. The molecule has 1 amide bonds. The van der Waals surface area contributed by atoms with Gasteiger partial charge in [0.2, 0.25) is 0 Å². The van der Waals surface area contributed by atoms with Gasteiger partial charge in [0.05, 0.1) is 24.0 Å². The summed E-state index contributed by atoms with van der Waals surface area (Å²) >= 11 is 0. The molecule has 0 spiro atoms. The second-order valence-corrected chi connectivity index (χ2v) is 5.24. The number of carbonyl (C=O) groups excluding carboxylic acids is 1. The van der Waals surface area contributed by atoms with Gasteiger partial charge in [-0.2, -0.15) is 0 Å². The highest BCUT2D eigenvalue weighted by molar-refractivity contribution is 5.94. The van der Waals surface area contributed by atoms with Crippen LogP contribution in [0.2, 0.25) is 0 Å². The van der Waals surface area contributed by atoms with Crippen molar-refractivity contribution in [3.63, 3.8) is 0 Å². The van der Waals surface area contributed by atoms with Crippen molar-refractivity contribution < 1.29 is 19.1 Å². The molecule has 1 aromatic heterocycles. The van der Waals surface area contributed by atoms with E-state index in [4.69, 9.17) is 15.0 Å². The highest BCUT2D eigenvalue weighted by Gasteiger charge is 2.31. The molecule has 1 aromatic rings. The number of ether oxygens (including phenoxy) is 1. The minimum Gasteiger partial charge on any atom is -0.467 e. The fourth-order valence-electron chi connectivity index (χ4n) is 2.46. The summed E-state index contributed by atoms with van der Waals surface area (Å²) in [6.45, 7) is 2.08. The number of hydrazine groups is 1. The molecular formula is C13H21N3O4. The van der Waals surface area contributed by atoms with Crippen LogP contribution in [-0.4, -0.2) is 48.3 Å². The summed E-state index contributed by atoms with van der Waals surface area (Å²) < 4.78 is 10.6. The molecule has 2 heterocycles. The third kappa shape index (κ3) is 3.57. The lowest BCUT2D eigenvalue weighted by Gasteiger charge is -2.35. The van der Waals surface area contributed by atoms with Gasteiger partial charge in [-0.25, -0.2) is 5.84 Å². The zero-order chi connectivity index (χ0) is 14.6. The maximum atomic E-state index is 11.5. The Morgan fingerprint density at radius 3 is 2.90 bits per heavy atom. The molecule has 20 heavy (non-hydrogen) atoms. The van der Waals surface area contributed by atoms with Gasteiger partial charge in [0.1, 0.15) is 5.76 Å². The average Bonchev–Trinajstić information content (AvgIpc) is 2.86. The highest BCUT2D eigenvalue weighted by Crippen LogP contribution is 2.22. The summed E-state index contributed by atoms with van der Waals surface area (Å²) in [5.74, 6) is 5.28. The number of amides is 1. The summed E-state index contributed by atoms with van der Waals surface area (Å²) in [5, 5.41) is 10.4. The van der Waals surface area contributed by atoms with Crippen molar-refractivity contribution in [3.8, 4) is 0 Å². The molecule has 0 bridgehead atoms. The van der Waals surface area contributed by atoms with Crippen LogP contribution in [-0.2, 0) is 11.3 Å². The van der Waals surface area contributed by atoms with Crippen molar-refractivity contribution in [1.29, 1.82) is 0 Å². The molecule has 4 N–H and O–H groups in total. The third-order valence-electron chi connectivity index (χ3n) is 3.52. The normalized spacial score (nSPS) is 18.2. The molecule has 1 fully saturated rings. The molecule has 0 atom stereocenters. The van der Waals surface area contributed by atoms with Crippen molar-refractivity contribution >= 4 is 5.91 Å². The SMILES string of the molecule is CN(Cc1occc1C(=O)NN)CC1(O)CCOCC1. The van der Waals surface area contributed by atoms with Crippen molar-refractivity contribution in [2.45, 2.75) is 25.0 Å². The van der Waals surface area contributed by atoms with Crippen LogP contribution in [0.5, 0.6) is 0 Å². The molecule has 0 unspecified atom stereocenters. The maximum Gasteiger partial charge on any atom is 0.268 e. The molecule has 0 radical (unpaired) electrons. The zero-order valence-corrected chi connectivity index (χ0v) is 11.6. The van der Waals surface area contributed by atoms with E-state index in [9.17, 15) is 9.90 Å². The predicted octanol–water partition coefficient (Wildman–Crippen LogP) is -0.144. The van der Waals surface area contributed by atoms with Gasteiger partial charge in [-0.1, -0.05) is 0 Å². The van der Waals surface area contributed by atoms with Gasteiger partial charge in [0.15, 0.2) is 0 Å². The predicted molar refractivity (Wildman–Crippen MR) is 71.7 cm³/mol. The Hall–Kier alpha value is -1.41. The van der Waals surface area contributed by atoms with E-state index in [1.54, 1.807) is 6.07 Å². The van der Waals surface area contributed by atoms with E-state index in [0.717, 1.165) is 0 Å². The van der Waals surface area contributed by atoms with E-state index < -0.39 is 5.60 Å². The van der Waals surface area contributed by atoms with Crippen molar-refractivity contribution in [3.05, 3.63) is 23.7 Å². The smallest absolute Gasteiger partial charge is 0.268 e. The lowest BCUT2D eigenvalue weighted by Crippen LogP contribution is -2.45. The number of carbonyl (C=O) groups is 1. The minimum absolute atomic E-state index is 0.382. The molecule has 112 valence electrons. The number of nitrogens with two attached hydrogens (primary N) is 1. The second-order valence-electron chi connectivity index (χ2n) is 5.24. The molecule has 0 aromatic carbocycles. The maximum absolute atomic E-state index is 11.5. The Kier molecular flexibility index (Phi) is 4.77. The van der Waals surface area contributed by atoms with Gasteiger partial charge in [-0.05, 0) is 13.1 Å². The number of nitrogens with one attached hydrogen (secondary N) is 1. The van der Waals surface area contributed by atoms with E-state index in [2.05, 4.69) is 5.43 Å². The molecule has 1 saturated heterocycles. The Morgan fingerprint density at radius 1 is 1.55 bits per heavy atom. The van der Waals surface area contributed by atoms with Crippen LogP contribution in [0.3, 0.4) is 0 Å². The zero-order valence-electron chi connectivity index (χ0n) is 11.6. The molecule has 7 heteroatoms. The summed E-state index contributed by atoms with van der Waals surface area (Å²) in [6.07, 6.45) is 2.69. The van der Waals surface area contributed by atoms with Crippen molar-refractivity contribution in [2.75, 3.05) is 26.8 Å². The summed E-state index contributed by atoms with van der Waals surface area (Å²) in [7, 11) is 1.88. The fourth-order valence-corrected chi connectivity index (χ4v) is 2.46. The van der Waals surface area contributed by atoms with E-state index in [1.807, 2.05) is 11.9 Å². The first kappa shape index (κ1) is 15.0. The van der Waals surface area contributed by atoms with Gasteiger partial charge < -0.3 is 14.3 Å². The first-order valence-electron chi connectivity index (χ1n) is 6.60. The quantitative estimate of drug-likeness (QED) is 0.395. The highest BCUT2D eigenvalue weighted by atomic mass is 16.5. The first-order chi connectivity index (χ1) is 9.54. The second kappa shape index (κ2) is 6.36. The third-order valence-corrected chi connectivity index (χ3v) is 3.52. The number of likely N-dealkylation sites (N-methyl/N-ethyl adjacent to an activating group) is 1. The Balaban J connectivity index is 1.96. The van der Waals surface area contributed by atoms with Gasteiger partial charge in [0, 0.05) is 32.6 Å². The number of hydrogen-bond acceptors (Lipinski definition) is 6. The van der Waals surface area contributed by atoms with Crippen LogP contribution >= 0.6 is 0 Å². The summed E-state index contributed by atoms with van der Waals surface area (Å²) in [4.78, 5) is 13.5. The number of furan rings is 1. The number of rotatable bonds is 5. The lowest BCUT2D eigenvalue weighted by molar-refractivity contribution is -0.0782. The van der Waals surface area contributed by atoms with Crippen molar-refractivity contribution in [2.24, 2.45) is 5.84 Å². The van der Waals surface area contributed by atoms with E-state index >= 15 is 0 Å². The number of nitrogens with zero attached hydrogens (tertiary/aromatic N) is 1. The molecule has 0 aliphatic carbocycles. The molecule has 2 rings (SSSR count). The topological polar surface area (TPSA) is 101 Å². The summed E-state index contributed by atoms with van der Waals surface area (Å²) in [5.41, 5.74) is 1.76. The number of aliphatic hydroxyl groups is 1. The fraction of sp³-hybridized carbons (Fsp3) is 0.615. The van der Waals surface area contributed by atoms with Crippen LogP contribution in [0.1, 0.15) is 29.0 Å². The van der Waals surface area contributed by atoms with Gasteiger partial charge in [-0.3, -0.25) is 15.1 Å². The average molecular weight is 283 g/mol. The first-order valence-corrected chi connectivity index (χ1v) is 6.60. The molecule has 0 saturated carbocycles. The van der Waals surface area contributed by atoms with E-state index in [1.165, 1.54) is 6.26 Å². The largest absolute Gasteiger partial charge is 0.467 e. The molecule has 1 aliphatic heterocycles. The van der Waals surface area contributed by atoms with Gasteiger partial charge in [-0.15, -0.1) is 0 Å². The minimum atomic E-state index is -0.740. The standard InChI is InChI=1S/C13H21N3O4/c1-16(9-13(18)3-6-19-7-4-13)8-11-10(2-5-20-11)12(17)15-14/h2,5,18H,3-4,6-9,14H2,1H3,(H,15,17). The lowest BCUT2D eigenvalue weighted by atomic mass is 9.94. The number of hydrogen-bond donors (Lipinski definition) is 3. The van der Waals surface area contributed by atoms with E-state index in [-0.39, 0.29) is 5.91 Å². The summed E-state index contributed by atoms with van der Waals surface area (Å²) in [6, 6.07) is 1.58. The molecule has 7 nitrogen and oxygen atoms in total. The Morgan fingerprint density at radius 2 is 2.25 bits per heavy atom. The van der Waals surface area contributed by atoms with Crippen LogP contribution in [0.4, 0.5) is 0 Å².